The fourth-order valence-corrected chi connectivity index (χ4v) is 4.60. The molecule has 0 aromatic heterocycles. The number of nitrogens with zero attached hydrogens (tertiary/aromatic N) is 1. The first-order valence-corrected chi connectivity index (χ1v) is 10.1. The Hall–Kier alpha value is -2.38. The molecule has 1 aliphatic heterocycles. The molecule has 0 aliphatic carbocycles. The molecule has 1 fully saturated rings. The van der Waals surface area contributed by atoms with Gasteiger partial charge in [0.25, 0.3) is 5.91 Å². The molecule has 1 N–H and O–H groups in total. The number of sulfonamides is 1. The third-order valence-corrected chi connectivity index (χ3v) is 6.14. The molecule has 0 bridgehead atoms. The fraction of sp³-hybridized carbons (Fsp3) is 0.316. The molecule has 0 radical (unpaired) electrons. The van der Waals surface area contributed by atoms with Crippen LogP contribution in [0, 0.1) is 0 Å². The Morgan fingerprint density at radius 2 is 1.81 bits per heavy atom. The third kappa shape index (κ3) is 3.89. The van der Waals surface area contributed by atoms with Gasteiger partial charge in [-0.3, -0.25) is 4.79 Å². The number of carbonyl (C=O) groups is 1. The van der Waals surface area contributed by atoms with Crippen molar-refractivity contribution >= 4 is 21.6 Å². The number of rotatable bonds is 6. The van der Waals surface area contributed by atoms with E-state index in [1.807, 2.05) is 6.07 Å². The lowest BCUT2D eigenvalue weighted by molar-refractivity contribution is 0.102. The summed E-state index contributed by atoms with van der Waals surface area (Å²) in [5.74, 6) is 0.0105. The van der Waals surface area contributed by atoms with Gasteiger partial charge in [-0.25, -0.2) is 8.42 Å². The Labute approximate surface area is 153 Å². The Kier molecular flexibility index (Phi) is 5.58. The maximum absolute atomic E-state index is 13.0. The maximum atomic E-state index is 13.0. The van der Waals surface area contributed by atoms with Crippen molar-refractivity contribution in [3.05, 3.63) is 54.1 Å². The second-order valence-corrected chi connectivity index (χ2v) is 7.93. The number of anilines is 1. The first-order chi connectivity index (χ1) is 12.5. The average Bonchev–Trinajstić information content (AvgIpc) is 3.19. The van der Waals surface area contributed by atoms with Gasteiger partial charge < -0.3 is 10.1 Å². The minimum absolute atomic E-state index is 0.0899. The largest absolute Gasteiger partial charge is 0.492 e. The van der Waals surface area contributed by atoms with Crippen molar-refractivity contribution in [2.45, 2.75) is 24.7 Å². The molecule has 1 aliphatic rings. The van der Waals surface area contributed by atoms with Crippen LogP contribution in [-0.2, 0) is 10.0 Å². The summed E-state index contributed by atoms with van der Waals surface area (Å²) in [7, 11) is -3.66. The van der Waals surface area contributed by atoms with Gasteiger partial charge in [0.15, 0.2) is 0 Å². The third-order valence-electron chi connectivity index (χ3n) is 4.22. The number of nitrogens with one attached hydrogen (secondary N) is 1. The number of carbonyl (C=O) groups excluding carboxylic acids is 1. The number of hydrogen-bond donors (Lipinski definition) is 1. The van der Waals surface area contributed by atoms with Crippen molar-refractivity contribution in [2.24, 2.45) is 0 Å². The number of ether oxygens (including phenoxy) is 1. The molecule has 2 aromatic carbocycles. The fourth-order valence-electron chi connectivity index (χ4n) is 2.92. The highest BCUT2D eigenvalue weighted by Gasteiger charge is 2.30. The molecule has 0 unspecified atom stereocenters. The van der Waals surface area contributed by atoms with E-state index in [0.29, 0.717) is 36.7 Å². The molecule has 0 atom stereocenters. The predicted octanol–water partition coefficient (Wildman–Crippen LogP) is 3.12. The monoisotopic (exact) mass is 374 g/mol. The maximum Gasteiger partial charge on any atom is 0.255 e. The highest BCUT2D eigenvalue weighted by atomic mass is 32.2. The van der Waals surface area contributed by atoms with Crippen molar-refractivity contribution in [3.8, 4) is 5.75 Å². The van der Waals surface area contributed by atoms with Gasteiger partial charge in [-0.1, -0.05) is 18.2 Å². The average molecular weight is 374 g/mol. The molecule has 6 nitrogen and oxygen atoms in total. The number of amides is 1. The minimum atomic E-state index is -3.66. The standard InChI is InChI=1S/C19H22N2O4S/c1-2-25-17-11-10-16(20-19(22)15-8-4-3-5-9-15)14-18(17)26(23,24)21-12-6-7-13-21/h3-5,8-11,14H,2,6-7,12-13H2,1H3,(H,20,22). The van der Waals surface area contributed by atoms with Crippen LogP contribution in [0.1, 0.15) is 30.1 Å². The van der Waals surface area contributed by atoms with Gasteiger partial charge in [0.05, 0.1) is 6.61 Å². The van der Waals surface area contributed by atoms with Crippen molar-refractivity contribution in [3.63, 3.8) is 0 Å². The highest BCUT2D eigenvalue weighted by molar-refractivity contribution is 7.89. The zero-order valence-corrected chi connectivity index (χ0v) is 15.5. The highest BCUT2D eigenvalue weighted by Crippen LogP contribution is 2.31. The molecule has 1 heterocycles. The Morgan fingerprint density at radius 3 is 2.46 bits per heavy atom. The van der Waals surface area contributed by atoms with Crippen LogP contribution in [0.15, 0.2) is 53.4 Å². The summed E-state index contributed by atoms with van der Waals surface area (Å²) < 4.78 is 32.9. The van der Waals surface area contributed by atoms with Gasteiger partial charge in [-0.05, 0) is 50.1 Å². The lowest BCUT2D eigenvalue weighted by Crippen LogP contribution is -2.28. The van der Waals surface area contributed by atoms with Crippen LogP contribution in [0.4, 0.5) is 5.69 Å². The van der Waals surface area contributed by atoms with Crippen LogP contribution in [0.3, 0.4) is 0 Å². The van der Waals surface area contributed by atoms with Crippen molar-refractivity contribution < 1.29 is 17.9 Å². The summed E-state index contributed by atoms with van der Waals surface area (Å²) in [5, 5.41) is 2.75. The Bertz CT molecular complexity index is 876. The van der Waals surface area contributed by atoms with Gasteiger partial charge in [0.1, 0.15) is 10.6 Å². The number of hydrogen-bond acceptors (Lipinski definition) is 4. The first-order valence-electron chi connectivity index (χ1n) is 8.66. The van der Waals surface area contributed by atoms with Gasteiger partial charge in [-0.2, -0.15) is 4.31 Å². The van der Waals surface area contributed by atoms with E-state index in [9.17, 15) is 13.2 Å². The molecule has 3 rings (SSSR count). The van der Waals surface area contributed by atoms with E-state index >= 15 is 0 Å². The molecular formula is C19H22N2O4S. The summed E-state index contributed by atoms with van der Waals surface area (Å²) in [5.41, 5.74) is 0.922. The van der Waals surface area contributed by atoms with Crippen LogP contribution in [0.25, 0.3) is 0 Å². The van der Waals surface area contributed by atoms with Gasteiger partial charge in [0.2, 0.25) is 10.0 Å². The SMILES string of the molecule is CCOc1ccc(NC(=O)c2ccccc2)cc1S(=O)(=O)N1CCCC1. The molecule has 0 saturated carbocycles. The summed E-state index contributed by atoms with van der Waals surface area (Å²) in [4.78, 5) is 12.4. The van der Waals surface area contributed by atoms with Crippen LogP contribution >= 0.6 is 0 Å². The van der Waals surface area contributed by atoms with Crippen LogP contribution in [-0.4, -0.2) is 38.3 Å². The molecule has 2 aromatic rings. The van der Waals surface area contributed by atoms with E-state index in [-0.39, 0.29) is 10.8 Å². The van der Waals surface area contributed by atoms with Crippen LogP contribution < -0.4 is 10.1 Å². The predicted molar refractivity (Wildman–Crippen MR) is 100.0 cm³/mol. The lowest BCUT2D eigenvalue weighted by Gasteiger charge is -2.19. The zero-order valence-electron chi connectivity index (χ0n) is 14.6. The van der Waals surface area contributed by atoms with E-state index in [1.165, 1.54) is 10.4 Å². The normalized spacial score (nSPS) is 15.0. The lowest BCUT2D eigenvalue weighted by atomic mass is 10.2. The number of benzene rings is 2. The zero-order chi connectivity index (χ0) is 18.6. The molecule has 1 amide bonds. The van der Waals surface area contributed by atoms with E-state index in [0.717, 1.165) is 12.8 Å². The van der Waals surface area contributed by atoms with Gasteiger partial charge >= 0.3 is 0 Å². The van der Waals surface area contributed by atoms with Crippen molar-refractivity contribution in [1.82, 2.24) is 4.31 Å². The quantitative estimate of drug-likeness (QED) is 0.843. The van der Waals surface area contributed by atoms with E-state index in [2.05, 4.69) is 5.32 Å². The first kappa shape index (κ1) is 18.4. The second-order valence-electron chi connectivity index (χ2n) is 6.03. The Balaban J connectivity index is 1.92. The van der Waals surface area contributed by atoms with Gasteiger partial charge in [0, 0.05) is 24.3 Å². The summed E-state index contributed by atoms with van der Waals surface area (Å²) in [6, 6.07) is 13.5. The van der Waals surface area contributed by atoms with Crippen molar-refractivity contribution in [1.29, 1.82) is 0 Å². The molecule has 1 saturated heterocycles. The second kappa shape index (κ2) is 7.88. The van der Waals surface area contributed by atoms with Crippen LogP contribution in [0.5, 0.6) is 5.75 Å². The molecular weight excluding hydrogens is 352 g/mol. The van der Waals surface area contributed by atoms with Gasteiger partial charge in [-0.15, -0.1) is 0 Å². The van der Waals surface area contributed by atoms with E-state index < -0.39 is 10.0 Å². The summed E-state index contributed by atoms with van der Waals surface area (Å²) >= 11 is 0. The molecule has 26 heavy (non-hydrogen) atoms. The summed E-state index contributed by atoms with van der Waals surface area (Å²) in [6.07, 6.45) is 1.71. The molecule has 0 spiro atoms. The van der Waals surface area contributed by atoms with Crippen LogP contribution in [0.2, 0.25) is 0 Å². The van der Waals surface area contributed by atoms with E-state index in [4.69, 9.17) is 4.74 Å². The minimum Gasteiger partial charge on any atom is -0.492 e. The smallest absolute Gasteiger partial charge is 0.255 e. The Morgan fingerprint density at radius 1 is 1.12 bits per heavy atom. The topological polar surface area (TPSA) is 75.7 Å². The van der Waals surface area contributed by atoms with E-state index in [1.54, 1.807) is 43.3 Å². The molecule has 7 heteroatoms. The van der Waals surface area contributed by atoms with Crippen molar-refractivity contribution in [2.75, 3.05) is 25.0 Å². The summed E-state index contributed by atoms with van der Waals surface area (Å²) in [6.45, 7) is 3.18. The molecule has 138 valence electrons.